The highest BCUT2D eigenvalue weighted by Gasteiger charge is 2.30. The van der Waals surface area contributed by atoms with Crippen LogP contribution in [0.3, 0.4) is 0 Å². The van der Waals surface area contributed by atoms with Crippen molar-refractivity contribution in [2.24, 2.45) is 4.99 Å². The third kappa shape index (κ3) is 4.14. The van der Waals surface area contributed by atoms with Crippen LogP contribution in [0.2, 0.25) is 5.02 Å². The molecule has 0 atom stereocenters. The molecule has 148 valence electrons. The number of nitrogens with zero attached hydrogens (tertiary/aromatic N) is 2. The zero-order valence-electron chi connectivity index (χ0n) is 15.0. The van der Waals surface area contributed by atoms with Gasteiger partial charge in [-0.05, 0) is 42.8 Å². The van der Waals surface area contributed by atoms with E-state index in [9.17, 15) is 18.0 Å². The largest absolute Gasteiger partial charge is 0.416 e. The van der Waals surface area contributed by atoms with Gasteiger partial charge in [0.2, 0.25) is 0 Å². The van der Waals surface area contributed by atoms with Gasteiger partial charge in [0, 0.05) is 24.2 Å². The molecule has 0 bridgehead atoms. The van der Waals surface area contributed by atoms with E-state index in [1.54, 1.807) is 17.7 Å². The molecule has 0 unspecified atom stereocenters. The number of amides is 1. The zero-order valence-corrected chi connectivity index (χ0v) is 16.6. The molecule has 0 aliphatic rings. The third-order valence-corrected chi connectivity index (χ3v) is 5.64. The quantitative estimate of drug-likeness (QED) is 0.582. The summed E-state index contributed by atoms with van der Waals surface area (Å²) in [4.78, 5) is 17.0. The molecule has 0 radical (unpaired) electrons. The van der Waals surface area contributed by atoms with E-state index in [4.69, 9.17) is 16.3 Å². The number of methoxy groups -OCH3 is 1. The number of benzene rings is 2. The first-order valence-electron chi connectivity index (χ1n) is 8.26. The van der Waals surface area contributed by atoms with E-state index in [-0.39, 0.29) is 5.56 Å². The van der Waals surface area contributed by atoms with Crippen molar-refractivity contribution < 1.29 is 22.7 Å². The Morgan fingerprint density at radius 3 is 2.71 bits per heavy atom. The smallest absolute Gasteiger partial charge is 0.383 e. The number of halogens is 4. The summed E-state index contributed by atoms with van der Waals surface area (Å²) >= 11 is 7.49. The van der Waals surface area contributed by atoms with Crippen LogP contribution in [0.25, 0.3) is 10.2 Å². The Balaban J connectivity index is 2.13. The number of aryl methyl sites for hydroxylation is 1. The number of carbonyl (C=O) groups excluding carboxylic acids is 1. The van der Waals surface area contributed by atoms with Crippen LogP contribution in [0.15, 0.2) is 41.4 Å². The molecule has 3 rings (SSSR count). The van der Waals surface area contributed by atoms with Crippen LogP contribution in [-0.2, 0) is 17.5 Å². The topological polar surface area (TPSA) is 43.6 Å². The van der Waals surface area contributed by atoms with Crippen LogP contribution in [0.4, 0.5) is 13.2 Å². The molecule has 0 fully saturated rings. The minimum absolute atomic E-state index is 0.125. The van der Waals surface area contributed by atoms with E-state index in [0.717, 1.165) is 27.9 Å². The minimum Gasteiger partial charge on any atom is -0.383 e. The Morgan fingerprint density at radius 1 is 1.29 bits per heavy atom. The summed E-state index contributed by atoms with van der Waals surface area (Å²) < 4.78 is 46.5. The van der Waals surface area contributed by atoms with Gasteiger partial charge in [0.1, 0.15) is 0 Å². The lowest BCUT2D eigenvalue weighted by Gasteiger charge is -2.08. The maximum atomic E-state index is 12.9. The van der Waals surface area contributed by atoms with E-state index >= 15 is 0 Å². The average Bonchev–Trinajstić information content (AvgIpc) is 3.00. The van der Waals surface area contributed by atoms with Gasteiger partial charge in [0.25, 0.3) is 5.91 Å². The summed E-state index contributed by atoms with van der Waals surface area (Å²) in [6.07, 6.45) is -4.53. The van der Waals surface area contributed by atoms with Crippen molar-refractivity contribution in [1.82, 2.24) is 4.57 Å². The van der Waals surface area contributed by atoms with Gasteiger partial charge >= 0.3 is 6.18 Å². The molecule has 1 heterocycles. The summed E-state index contributed by atoms with van der Waals surface area (Å²) in [5, 5.41) is 0.576. The molecule has 1 aromatic heterocycles. The van der Waals surface area contributed by atoms with Crippen LogP contribution in [0, 0.1) is 6.92 Å². The monoisotopic (exact) mass is 428 g/mol. The molecule has 2 aromatic carbocycles. The molecule has 0 N–H and O–H groups in total. The van der Waals surface area contributed by atoms with Crippen LogP contribution in [0.5, 0.6) is 0 Å². The number of carbonyl (C=O) groups is 1. The molecule has 28 heavy (non-hydrogen) atoms. The minimum atomic E-state index is -4.53. The number of aromatic nitrogens is 1. The Labute approximate surface area is 167 Å². The Bertz CT molecular complexity index is 1100. The first-order valence-corrected chi connectivity index (χ1v) is 9.45. The number of alkyl halides is 3. The van der Waals surface area contributed by atoms with Gasteiger partial charge in [-0.1, -0.05) is 29.0 Å². The molecule has 0 saturated heterocycles. The Kier molecular flexibility index (Phi) is 5.92. The number of hydrogen-bond acceptors (Lipinski definition) is 3. The van der Waals surface area contributed by atoms with E-state index in [0.29, 0.717) is 23.0 Å². The zero-order chi connectivity index (χ0) is 20.5. The SMILES string of the molecule is COCCn1c(=NC(=O)c2cccc(C(F)(F)F)c2)sc2ccc(Cl)c(C)c21. The summed E-state index contributed by atoms with van der Waals surface area (Å²) in [5.41, 5.74) is 0.643. The van der Waals surface area contributed by atoms with E-state index < -0.39 is 17.6 Å². The first-order chi connectivity index (χ1) is 13.2. The van der Waals surface area contributed by atoms with E-state index in [1.165, 1.54) is 23.5 Å². The molecule has 0 aliphatic carbocycles. The summed E-state index contributed by atoms with van der Waals surface area (Å²) in [6, 6.07) is 7.82. The van der Waals surface area contributed by atoms with Gasteiger partial charge in [0.05, 0.1) is 22.4 Å². The molecule has 9 heteroatoms. The summed E-state index contributed by atoms with van der Waals surface area (Å²) in [7, 11) is 1.56. The average molecular weight is 429 g/mol. The van der Waals surface area contributed by atoms with Gasteiger partial charge in [0.15, 0.2) is 4.80 Å². The predicted molar refractivity (Wildman–Crippen MR) is 103 cm³/mol. The third-order valence-electron chi connectivity index (χ3n) is 4.18. The number of hydrogen-bond donors (Lipinski definition) is 0. The number of rotatable bonds is 4. The number of ether oxygens (including phenoxy) is 1. The number of fused-ring (bicyclic) bond motifs is 1. The van der Waals surface area contributed by atoms with Crippen LogP contribution in [0.1, 0.15) is 21.5 Å². The maximum Gasteiger partial charge on any atom is 0.416 e. The summed E-state index contributed by atoms with van der Waals surface area (Å²) in [5.74, 6) is -0.743. The van der Waals surface area contributed by atoms with Gasteiger partial charge in [-0.2, -0.15) is 18.2 Å². The van der Waals surface area contributed by atoms with Crippen LogP contribution < -0.4 is 4.80 Å². The second-order valence-electron chi connectivity index (χ2n) is 6.04. The molecular weight excluding hydrogens is 413 g/mol. The van der Waals surface area contributed by atoms with Crippen molar-refractivity contribution in [2.75, 3.05) is 13.7 Å². The van der Waals surface area contributed by atoms with Crippen LogP contribution in [-0.4, -0.2) is 24.2 Å². The highest BCUT2D eigenvalue weighted by atomic mass is 35.5. The van der Waals surface area contributed by atoms with E-state index in [1.807, 2.05) is 13.0 Å². The molecule has 4 nitrogen and oxygen atoms in total. The fourth-order valence-corrected chi connectivity index (χ4v) is 4.04. The molecule has 0 saturated carbocycles. The Hall–Kier alpha value is -2.16. The van der Waals surface area contributed by atoms with E-state index in [2.05, 4.69) is 4.99 Å². The lowest BCUT2D eigenvalue weighted by Crippen LogP contribution is -2.20. The molecule has 0 aliphatic heterocycles. The normalized spacial score (nSPS) is 12.7. The fourth-order valence-electron chi connectivity index (χ4n) is 2.77. The second-order valence-corrected chi connectivity index (χ2v) is 7.46. The standard InChI is InChI=1S/C19H16ClF3N2O2S/c1-11-14(20)6-7-15-16(11)25(8-9-27-2)18(28-15)24-17(26)12-4-3-5-13(10-12)19(21,22)23/h3-7,10H,8-9H2,1-2H3. The fraction of sp³-hybridized carbons (Fsp3) is 0.263. The van der Waals surface area contributed by atoms with Crippen molar-refractivity contribution in [3.8, 4) is 0 Å². The number of thiazole rings is 1. The van der Waals surface area contributed by atoms with Crippen molar-refractivity contribution in [3.05, 3.63) is 62.9 Å². The van der Waals surface area contributed by atoms with Gasteiger partial charge in [-0.25, -0.2) is 0 Å². The molecular formula is C19H16ClF3N2O2S. The lowest BCUT2D eigenvalue weighted by molar-refractivity contribution is -0.137. The van der Waals surface area contributed by atoms with Crippen molar-refractivity contribution >= 4 is 39.1 Å². The highest BCUT2D eigenvalue weighted by Crippen LogP contribution is 2.30. The highest BCUT2D eigenvalue weighted by molar-refractivity contribution is 7.16. The lowest BCUT2D eigenvalue weighted by atomic mass is 10.1. The van der Waals surface area contributed by atoms with Gasteiger partial charge in [-0.3, -0.25) is 4.79 Å². The first kappa shape index (κ1) is 20.6. The molecule has 1 amide bonds. The van der Waals surface area contributed by atoms with Crippen molar-refractivity contribution in [1.29, 1.82) is 0 Å². The maximum absolute atomic E-state index is 12.9. The van der Waals surface area contributed by atoms with Crippen LogP contribution >= 0.6 is 22.9 Å². The van der Waals surface area contributed by atoms with Gasteiger partial charge in [-0.15, -0.1) is 0 Å². The Morgan fingerprint density at radius 2 is 2.04 bits per heavy atom. The molecule has 0 spiro atoms. The second kappa shape index (κ2) is 8.06. The van der Waals surface area contributed by atoms with Crippen molar-refractivity contribution in [2.45, 2.75) is 19.6 Å². The van der Waals surface area contributed by atoms with Crippen molar-refractivity contribution in [3.63, 3.8) is 0 Å². The predicted octanol–water partition coefficient (Wildman–Crippen LogP) is 5.07. The molecule has 3 aromatic rings. The van der Waals surface area contributed by atoms with Gasteiger partial charge < -0.3 is 9.30 Å². The summed E-state index contributed by atoms with van der Waals surface area (Å²) in [6.45, 7) is 2.66.